The van der Waals surface area contributed by atoms with Gasteiger partial charge in [0, 0.05) is 45.0 Å². The molecule has 0 spiro atoms. The van der Waals surface area contributed by atoms with E-state index in [-0.39, 0.29) is 6.04 Å². The Morgan fingerprint density at radius 3 is 2.73 bits per heavy atom. The fraction of sp³-hybridized carbons (Fsp3) is 0.421. The summed E-state index contributed by atoms with van der Waals surface area (Å²) < 4.78 is 38.9. The molecule has 1 atom stereocenters. The molecule has 3 heterocycles. The van der Waals surface area contributed by atoms with E-state index in [2.05, 4.69) is 32.2 Å². The molecule has 0 amide bonds. The third kappa shape index (κ3) is 3.49. The van der Waals surface area contributed by atoms with Crippen LogP contribution >= 0.6 is 0 Å². The first kappa shape index (κ1) is 17.1. The minimum atomic E-state index is -4.37. The summed E-state index contributed by atoms with van der Waals surface area (Å²) >= 11 is 0. The van der Waals surface area contributed by atoms with Crippen LogP contribution < -0.4 is 10.2 Å². The van der Waals surface area contributed by atoms with Gasteiger partial charge in [-0.1, -0.05) is 30.3 Å². The van der Waals surface area contributed by atoms with Gasteiger partial charge in [-0.3, -0.25) is 4.90 Å². The number of pyridine rings is 1. The smallest absolute Gasteiger partial charge is 0.382 e. The number of aromatic nitrogens is 1. The lowest BCUT2D eigenvalue weighted by Gasteiger charge is -2.41. The van der Waals surface area contributed by atoms with Crippen molar-refractivity contribution in [2.75, 3.05) is 36.4 Å². The maximum Gasteiger partial charge on any atom is 0.417 e. The number of rotatable bonds is 2. The van der Waals surface area contributed by atoms with Crippen LogP contribution in [-0.4, -0.2) is 42.1 Å². The van der Waals surface area contributed by atoms with Gasteiger partial charge in [0.05, 0.1) is 11.3 Å². The predicted octanol–water partition coefficient (Wildman–Crippen LogP) is 3.61. The Morgan fingerprint density at radius 2 is 1.96 bits per heavy atom. The van der Waals surface area contributed by atoms with Crippen molar-refractivity contribution in [3.63, 3.8) is 0 Å². The molecule has 1 N–H and O–H groups in total. The topological polar surface area (TPSA) is 31.4 Å². The normalized spacial score (nSPS) is 20.7. The molecule has 1 fully saturated rings. The number of nitrogens with one attached hydrogen (secondary N) is 1. The number of nitrogens with zero attached hydrogens (tertiary/aromatic N) is 3. The minimum absolute atomic E-state index is 0.255. The number of anilines is 2. The highest BCUT2D eigenvalue weighted by atomic mass is 19.4. The monoisotopic (exact) mass is 362 g/mol. The van der Waals surface area contributed by atoms with E-state index in [1.807, 2.05) is 18.2 Å². The number of halogens is 3. The van der Waals surface area contributed by atoms with Crippen LogP contribution in [0.4, 0.5) is 24.7 Å². The second-order valence-electron chi connectivity index (χ2n) is 6.88. The van der Waals surface area contributed by atoms with Crippen molar-refractivity contribution in [3.05, 3.63) is 53.7 Å². The van der Waals surface area contributed by atoms with Gasteiger partial charge in [0.25, 0.3) is 0 Å². The molecule has 4 rings (SSSR count). The van der Waals surface area contributed by atoms with Gasteiger partial charge in [-0.05, 0) is 18.1 Å². The fourth-order valence-corrected chi connectivity index (χ4v) is 3.78. The predicted molar refractivity (Wildman–Crippen MR) is 95.2 cm³/mol. The van der Waals surface area contributed by atoms with Crippen molar-refractivity contribution < 1.29 is 13.2 Å². The van der Waals surface area contributed by atoms with E-state index in [4.69, 9.17) is 0 Å². The van der Waals surface area contributed by atoms with Crippen LogP contribution in [-0.2, 0) is 12.7 Å². The second kappa shape index (κ2) is 6.79. The van der Waals surface area contributed by atoms with Crippen LogP contribution in [0, 0.1) is 0 Å². The van der Waals surface area contributed by atoms with Crippen molar-refractivity contribution in [3.8, 4) is 0 Å². The summed E-state index contributed by atoms with van der Waals surface area (Å²) in [6, 6.07) is 11.8. The molecule has 138 valence electrons. The molecular formula is C19H21F3N4. The fourth-order valence-electron chi connectivity index (χ4n) is 3.78. The van der Waals surface area contributed by atoms with Crippen molar-refractivity contribution in [2.45, 2.75) is 25.2 Å². The number of hydrogen-bond donors (Lipinski definition) is 1. The molecule has 7 heteroatoms. The number of alkyl halides is 3. The quantitative estimate of drug-likeness (QED) is 0.884. The molecule has 0 radical (unpaired) electrons. The molecule has 0 bridgehead atoms. The van der Waals surface area contributed by atoms with Crippen LogP contribution in [0.1, 0.15) is 17.5 Å². The molecule has 1 aromatic carbocycles. The van der Waals surface area contributed by atoms with E-state index >= 15 is 0 Å². The Labute approximate surface area is 150 Å². The third-order valence-electron chi connectivity index (χ3n) is 5.07. The lowest BCUT2D eigenvalue weighted by atomic mass is 10.1. The summed E-state index contributed by atoms with van der Waals surface area (Å²) in [4.78, 5) is 8.74. The van der Waals surface area contributed by atoms with E-state index in [9.17, 15) is 13.2 Å². The first-order valence-corrected chi connectivity index (χ1v) is 8.85. The largest absolute Gasteiger partial charge is 0.417 e. The zero-order valence-corrected chi connectivity index (χ0v) is 14.3. The number of piperazine rings is 1. The Balaban J connectivity index is 1.52. The Morgan fingerprint density at radius 1 is 1.15 bits per heavy atom. The van der Waals surface area contributed by atoms with Gasteiger partial charge >= 0.3 is 6.18 Å². The molecule has 26 heavy (non-hydrogen) atoms. The van der Waals surface area contributed by atoms with Crippen LogP contribution in [0.25, 0.3) is 0 Å². The van der Waals surface area contributed by atoms with Crippen LogP contribution in [0.3, 0.4) is 0 Å². The summed E-state index contributed by atoms with van der Waals surface area (Å²) in [5.41, 5.74) is 1.06. The van der Waals surface area contributed by atoms with E-state index in [1.165, 1.54) is 11.6 Å². The zero-order chi connectivity index (χ0) is 18.1. The molecule has 1 aromatic heterocycles. The molecule has 0 unspecified atom stereocenters. The Bertz CT molecular complexity index is 763. The maximum absolute atomic E-state index is 13.0. The number of benzene rings is 1. The minimum Gasteiger partial charge on any atom is -0.382 e. The standard InChI is InChI=1S/C19H21F3N4/c20-19(21,22)15-10-17-18(24-11-15)26-9-8-25(13-16(26)6-7-23-17)12-14-4-2-1-3-5-14/h1-5,10-11,16,23H,6-9,12-13H2/t16-/m1/s1. The van der Waals surface area contributed by atoms with E-state index in [0.717, 1.165) is 38.8 Å². The third-order valence-corrected chi connectivity index (χ3v) is 5.07. The van der Waals surface area contributed by atoms with Crippen molar-refractivity contribution in [1.29, 1.82) is 0 Å². The van der Waals surface area contributed by atoms with E-state index in [1.54, 1.807) is 0 Å². The molecule has 2 aromatic rings. The van der Waals surface area contributed by atoms with Crippen molar-refractivity contribution in [2.24, 2.45) is 0 Å². The summed E-state index contributed by atoms with van der Waals surface area (Å²) in [6.07, 6.45) is -2.55. The van der Waals surface area contributed by atoms with Crippen molar-refractivity contribution >= 4 is 11.5 Å². The second-order valence-corrected chi connectivity index (χ2v) is 6.88. The van der Waals surface area contributed by atoms with Gasteiger partial charge in [-0.25, -0.2) is 4.98 Å². The average Bonchev–Trinajstić information content (AvgIpc) is 2.80. The maximum atomic E-state index is 13.0. The number of hydrogen-bond acceptors (Lipinski definition) is 4. The summed E-state index contributed by atoms with van der Waals surface area (Å²) in [6.45, 7) is 4.07. The first-order valence-electron chi connectivity index (χ1n) is 8.85. The molecular weight excluding hydrogens is 341 g/mol. The highest BCUT2D eigenvalue weighted by Gasteiger charge is 2.35. The Kier molecular flexibility index (Phi) is 4.48. The molecule has 1 saturated heterocycles. The SMILES string of the molecule is FC(F)(F)c1cnc2c(c1)NCC[C@@H]1CN(Cc3ccccc3)CCN21. The summed E-state index contributed by atoms with van der Waals surface area (Å²) in [5, 5.41) is 3.14. The van der Waals surface area contributed by atoms with Gasteiger partial charge in [0.1, 0.15) is 0 Å². The number of fused-ring (bicyclic) bond motifs is 3. The summed E-state index contributed by atoms with van der Waals surface area (Å²) in [5.74, 6) is 0.639. The van der Waals surface area contributed by atoms with Crippen molar-refractivity contribution in [1.82, 2.24) is 9.88 Å². The average molecular weight is 362 g/mol. The van der Waals surface area contributed by atoms with Gasteiger partial charge in [0.15, 0.2) is 5.82 Å². The molecule has 2 aliphatic heterocycles. The van der Waals surface area contributed by atoms with Crippen LogP contribution in [0.2, 0.25) is 0 Å². The lowest BCUT2D eigenvalue weighted by Crippen LogP contribution is -2.53. The van der Waals surface area contributed by atoms with Gasteiger partial charge in [0.2, 0.25) is 0 Å². The van der Waals surface area contributed by atoms with Crippen LogP contribution in [0.5, 0.6) is 0 Å². The molecule has 2 aliphatic rings. The molecule has 0 saturated carbocycles. The highest BCUT2D eigenvalue weighted by Crippen LogP contribution is 2.36. The first-order chi connectivity index (χ1) is 12.5. The molecule has 0 aliphatic carbocycles. The lowest BCUT2D eigenvalue weighted by molar-refractivity contribution is -0.137. The van der Waals surface area contributed by atoms with E-state index in [0.29, 0.717) is 18.1 Å². The zero-order valence-electron chi connectivity index (χ0n) is 14.3. The van der Waals surface area contributed by atoms with Gasteiger partial charge in [-0.15, -0.1) is 0 Å². The highest BCUT2D eigenvalue weighted by molar-refractivity contribution is 5.68. The van der Waals surface area contributed by atoms with Gasteiger partial charge < -0.3 is 10.2 Å². The molecule has 4 nitrogen and oxygen atoms in total. The summed E-state index contributed by atoms with van der Waals surface area (Å²) in [7, 11) is 0. The Hall–Kier alpha value is -2.28. The van der Waals surface area contributed by atoms with Gasteiger partial charge in [-0.2, -0.15) is 13.2 Å². The van der Waals surface area contributed by atoms with E-state index < -0.39 is 11.7 Å². The van der Waals surface area contributed by atoms with Crippen LogP contribution in [0.15, 0.2) is 42.6 Å².